The van der Waals surface area contributed by atoms with Crippen LogP contribution in [0.4, 0.5) is 0 Å². The molecule has 0 atom stereocenters. The minimum absolute atomic E-state index is 0.0368. The Hall–Kier alpha value is -8.80. The van der Waals surface area contributed by atoms with Crippen LogP contribution in [0.1, 0.15) is 92.7 Å². The fourth-order valence-electron chi connectivity index (χ4n) is 10.3. The highest BCUT2D eigenvalue weighted by Crippen LogP contribution is 2.42. The third-order valence-corrected chi connectivity index (χ3v) is 14.4. The zero-order valence-electron chi connectivity index (χ0n) is 54.8. The largest absolute Gasteiger partial charge is 0.458 e. The van der Waals surface area contributed by atoms with Crippen LogP contribution in [0.2, 0.25) is 0 Å². The molecule has 0 spiro atoms. The number of benzene rings is 9. The second-order valence-electron chi connectivity index (χ2n) is 22.8. The number of para-hydroxylation sites is 1. The van der Waals surface area contributed by atoms with Crippen LogP contribution in [-0.4, -0.2) is 14.1 Å². The van der Waals surface area contributed by atoms with E-state index in [1.165, 1.54) is 0 Å². The standard InChI is InChI=1S/C72H64N4O/c1-70(2,3)54-27-18-25-51(39-54)62-41-53(49-23-14-11-15-24-49)42-63(52-26-19-28-55(40-52)71(4,5)6)69(62)75-47-74(67-43-50(33-36-65(67)75)48-21-12-10-13-22-48)57-29-20-30-58(45-57)77-59-34-35-61-60-31-16-17-32-64(60)76(66(61)46-59)68-44-56(37-38-73-68)72(7,8)9/h10-46H,1-9H3/i10D,11D,12D,13D,14D,15D,21D,22D,23D,24D. The molecule has 0 saturated heterocycles. The number of hydrogen-bond donors (Lipinski definition) is 0. The van der Waals surface area contributed by atoms with E-state index in [9.17, 15) is 2.74 Å². The molecule has 3 heterocycles. The normalized spacial score (nSPS) is 14.0. The Labute approximate surface area is 467 Å². The highest BCUT2D eigenvalue weighted by atomic mass is 16.5. The predicted octanol–water partition coefficient (Wildman–Crippen LogP) is 18.6. The van der Waals surface area contributed by atoms with E-state index in [4.69, 9.17) is 20.7 Å². The van der Waals surface area contributed by atoms with Crippen LogP contribution >= 0.6 is 0 Å². The van der Waals surface area contributed by atoms with Gasteiger partial charge in [-0.1, -0.05) is 208 Å². The number of hydrogen-bond acceptors (Lipinski definition) is 2. The van der Waals surface area contributed by atoms with Gasteiger partial charge in [0.05, 0.1) is 47.1 Å². The van der Waals surface area contributed by atoms with Crippen molar-refractivity contribution in [3.63, 3.8) is 0 Å². The maximum absolute atomic E-state index is 9.29. The summed E-state index contributed by atoms with van der Waals surface area (Å²) in [5.41, 5.74) is 10.7. The summed E-state index contributed by atoms with van der Waals surface area (Å²) in [5.74, 6) is 1.88. The number of imidazole rings is 1. The van der Waals surface area contributed by atoms with Crippen molar-refractivity contribution in [2.45, 2.75) is 78.6 Å². The predicted molar refractivity (Wildman–Crippen MR) is 320 cm³/mol. The Balaban J connectivity index is 1.13. The molecule has 0 saturated carbocycles. The molecule has 0 unspecified atom stereocenters. The van der Waals surface area contributed by atoms with E-state index >= 15 is 0 Å². The molecule has 12 rings (SSSR count). The maximum Gasteiger partial charge on any atom is 0.269 e. The Morgan fingerprint density at radius 3 is 1.69 bits per heavy atom. The topological polar surface area (TPSA) is 35.9 Å². The summed E-state index contributed by atoms with van der Waals surface area (Å²) in [7, 11) is 0. The fourth-order valence-corrected chi connectivity index (χ4v) is 10.3. The molecule has 0 aliphatic carbocycles. The average molecular weight is 1010 g/mol. The van der Waals surface area contributed by atoms with Crippen LogP contribution in [0, 0.1) is 6.33 Å². The lowest BCUT2D eigenvalue weighted by atomic mass is 9.83. The van der Waals surface area contributed by atoms with Gasteiger partial charge in [-0.15, -0.1) is 0 Å². The van der Waals surface area contributed by atoms with Crippen molar-refractivity contribution in [3.8, 4) is 73.2 Å². The molecule has 0 fully saturated rings. The van der Waals surface area contributed by atoms with Gasteiger partial charge >= 0.3 is 0 Å². The van der Waals surface area contributed by atoms with Crippen molar-refractivity contribution >= 4 is 32.8 Å². The number of ether oxygens (including phenoxy) is 1. The summed E-state index contributed by atoms with van der Waals surface area (Å²) in [5, 5.41) is 2.12. The van der Waals surface area contributed by atoms with Crippen LogP contribution in [0.25, 0.3) is 94.5 Å². The molecule has 0 radical (unpaired) electrons. The molecule has 5 heteroatoms. The number of fused-ring (bicyclic) bond motifs is 4. The Bertz CT molecular complexity index is 4670. The van der Waals surface area contributed by atoms with E-state index < -0.39 is 36.3 Å². The summed E-state index contributed by atoms with van der Waals surface area (Å²) in [6.07, 6.45) is 5.62. The molecule has 3 aromatic heterocycles. The highest BCUT2D eigenvalue weighted by molar-refractivity contribution is 6.09. The lowest BCUT2D eigenvalue weighted by molar-refractivity contribution is -0.571. The van der Waals surface area contributed by atoms with Gasteiger partial charge in [0.1, 0.15) is 17.3 Å². The summed E-state index contributed by atoms with van der Waals surface area (Å²) in [6, 6.07) is 47.8. The lowest BCUT2D eigenvalue weighted by Crippen LogP contribution is -2.31. The molecule has 9 aromatic carbocycles. The van der Waals surface area contributed by atoms with Gasteiger partial charge in [-0.25, -0.2) is 4.98 Å². The molecular weight excluding hydrogens is 937 g/mol. The first kappa shape index (κ1) is 38.7. The van der Waals surface area contributed by atoms with Crippen molar-refractivity contribution in [3.05, 3.63) is 247 Å². The molecule has 0 N–H and O–H groups in total. The van der Waals surface area contributed by atoms with Gasteiger partial charge in [0.15, 0.2) is 0 Å². The molecule has 5 nitrogen and oxygen atoms in total. The zero-order chi connectivity index (χ0) is 61.9. The quantitative estimate of drug-likeness (QED) is 0.107. The minimum Gasteiger partial charge on any atom is -0.458 e. The van der Waals surface area contributed by atoms with E-state index in [2.05, 4.69) is 128 Å². The van der Waals surface area contributed by atoms with Crippen LogP contribution in [0.15, 0.2) is 224 Å². The zero-order valence-corrected chi connectivity index (χ0v) is 44.8. The minimum atomic E-state index is -0.494. The number of pyridine rings is 1. The average Bonchev–Trinajstić information content (AvgIpc) is 1.74. The first-order valence-electron chi connectivity index (χ1n) is 31.0. The third-order valence-electron chi connectivity index (χ3n) is 14.4. The monoisotopic (exact) mass is 1010 g/mol. The van der Waals surface area contributed by atoms with Crippen molar-refractivity contribution in [1.82, 2.24) is 14.1 Å². The molecule has 0 bridgehead atoms. The van der Waals surface area contributed by atoms with E-state index in [0.717, 1.165) is 55.4 Å². The highest BCUT2D eigenvalue weighted by Gasteiger charge is 2.25. The van der Waals surface area contributed by atoms with Gasteiger partial charge < -0.3 is 4.74 Å². The van der Waals surface area contributed by atoms with E-state index in [1.54, 1.807) is 6.07 Å². The molecule has 77 heavy (non-hydrogen) atoms. The second-order valence-corrected chi connectivity index (χ2v) is 22.8. The molecule has 0 aliphatic heterocycles. The molecule has 378 valence electrons. The summed E-state index contributed by atoms with van der Waals surface area (Å²) < 4.78 is 102. The van der Waals surface area contributed by atoms with Crippen molar-refractivity contribution in [2.24, 2.45) is 0 Å². The molecule has 12 aromatic rings. The van der Waals surface area contributed by atoms with Crippen LogP contribution in [-0.2, 0) is 16.2 Å². The third kappa shape index (κ3) is 9.41. The Morgan fingerprint density at radius 2 is 1.04 bits per heavy atom. The second kappa shape index (κ2) is 19.1. The molecular formula is C72H64N4O. The van der Waals surface area contributed by atoms with Gasteiger partial charge in [0.2, 0.25) is 0 Å². The fraction of sp³-hybridized carbons (Fsp3) is 0.167. The van der Waals surface area contributed by atoms with Crippen LogP contribution in [0.3, 0.4) is 0 Å². The number of nitrogens with zero attached hydrogens (tertiary/aromatic N) is 4. The molecule has 0 amide bonds. The summed E-state index contributed by atoms with van der Waals surface area (Å²) >= 11 is 0. The number of rotatable bonds is 9. The summed E-state index contributed by atoms with van der Waals surface area (Å²) in [4.78, 5) is 4.89. The maximum atomic E-state index is 9.29. The van der Waals surface area contributed by atoms with Gasteiger partial charge in [-0.2, -0.15) is 0 Å². The SMILES string of the molecule is [2H]c1c([2H])c([2H])c(-c2cc(-c3cccc(C(C)(C)C)c3)c(-[n+]3[c-]n(-c4cccc(Oc5ccc6c7ccccc7n(-c7cc(C(C)(C)C)ccn7)c6c5)c4)c4cc(-c5c([2H])c([2H])c([2H])c([2H])c5[2H])ccc43)c(-c3cccc(C(C)(C)C)c3)c2)c([2H])c1[2H]. The number of aromatic nitrogens is 4. The smallest absolute Gasteiger partial charge is 0.269 e. The first-order valence-corrected chi connectivity index (χ1v) is 26.0. The van der Waals surface area contributed by atoms with Gasteiger partial charge in [-0.05, 0) is 144 Å². The van der Waals surface area contributed by atoms with E-state index in [-0.39, 0.29) is 51.5 Å². The van der Waals surface area contributed by atoms with Crippen LogP contribution in [0.5, 0.6) is 11.5 Å². The van der Waals surface area contributed by atoms with Crippen molar-refractivity contribution in [2.75, 3.05) is 0 Å². The van der Waals surface area contributed by atoms with E-state index in [0.29, 0.717) is 56.2 Å². The summed E-state index contributed by atoms with van der Waals surface area (Å²) in [6.45, 7) is 19.4. The first-order chi connectivity index (χ1) is 41.2. The lowest BCUT2D eigenvalue weighted by Gasteiger charge is -2.24. The Morgan fingerprint density at radius 1 is 0.455 bits per heavy atom. The van der Waals surface area contributed by atoms with Gasteiger partial charge in [-0.3, -0.25) is 13.7 Å². The van der Waals surface area contributed by atoms with Crippen LogP contribution < -0.4 is 9.30 Å². The van der Waals surface area contributed by atoms with E-state index in [1.807, 2.05) is 112 Å². The van der Waals surface area contributed by atoms with Crippen molar-refractivity contribution in [1.29, 1.82) is 0 Å². The molecule has 0 aliphatic rings. The van der Waals surface area contributed by atoms with Gasteiger partial charge in [0, 0.05) is 23.0 Å². The van der Waals surface area contributed by atoms with Crippen molar-refractivity contribution < 1.29 is 23.0 Å². The Kier molecular flexibility index (Phi) is 9.60. The van der Waals surface area contributed by atoms with Gasteiger partial charge in [0.25, 0.3) is 6.33 Å².